The van der Waals surface area contributed by atoms with Crippen LogP contribution in [0.3, 0.4) is 0 Å². The van der Waals surface area contributed by atoms with Crippen molar-refractivity contribution in [2.75, 3.05) is 17.4 Å². The predicted octanol–water partition coefficient (Wildman–Crippen LogP) is 5.76. The van der Waals surface area contributed by atoms with Crippen LogP contribution in [-0.2, 0) is 26.2 Å². The topological polar surface area (TPSA) is 86.8 Å². The number of rotatable bonds is 11. The molecule has 0 heterocycles. The summed E-state index contributed by atoms with van der Waals surface area (Å²) < 4.78 is 30.0. The van der Waals surface area contributed by atoms with E-state index in [9.17, 15) is 18.0 Å². The standard InChI is InChI=1S/C31H38BrN3O4S/c1-21(2)18-33-31(37)25(6)34(19-26-8-7-9-27(32)17-26)30(36)20-35(29-16-23(4)10-13-24(29)5)40(38,39)28-14-11-22(3)12-15-28/h7-17,21,25H,18-20H2,1-6H3,(H,33,37)/t25-/m0/s1. The summed E-state index contributed by atoms with van der Waals surface area (Å²) in [6.07, 6.45) is 0. The van der Waals surface area contributed by atoms with Gasteiger partial charge < -0.3 is 10.2 Å². The summed E-state index contributed by atoms with van der Waals surface area (Å²) in [5, 5.41) is 2.90. The second-order valence-corrected chi connectivity index (χ2v) is 13.4. The molecular weight excluding hydrogens is 590 g/mol. The summed E-state index contributed by atoms with van der Waals surface area (Å²) in [7, 11) is -4.11. The van der Waals surface area contributed by atoms with Crippen LogP contribution in [0.1, 0.15) is 43.0 Å². The molecule has 0 bridgehead atoms. The van der Waals surface area contributed by atoms with E-state index in [0.29, 0.717) is 12.2 Å². The highest BCUT2D eigenvalue weighted by molar-refractivity contribution is 9.10. The van der Waals surface area contributed by atoms with Gasteiger partial charge in [-0.15, -0.1) is 0 Å². The second kappa shape index (κ2) is 13.5. The molecule has 1 N–H and O–H groups in total. The van der Waals surface area contributed by atoms with Crippen LogP contribution in [0.5, 0.6) is 0 Å². The van der Waals surface area contributed by atoms with Gasteiger partial charge in [0.1, 0.15) is 12.6 Å². The van der Waals surface area contributed by atoms with Gasteiger partial charge in [0.25, 0.3) is 10.0 Å². The number of carbonyl (C=O) groups excluding carboxylic acids is 2. The molecule has 1 atom stereocenters. The third kappa shape index (κ3) is 7.95. The third-order valence-corrected chi connectivity index (χ3v) is 8.88. The molecule has 3 aromatic rings. The zero-order chi connectivity index (χ0) is 29.6. The molecular formula is C31H38BrN3O4S. The minimum absolute atomic E-state index is 0.0908. The molecule has 0 saturated heterocycles. The Hall–Kier alpha value is -3.17. The van der Waals surface area contributed by atoms with Crippen molar-refractivity contribution in [1.82, 2.24) is 10.2 Å². The molecule has 214 valence electrons. The molecule has 0 unspecified atom stereocenters. The Morgan fingerprint density at radius 2 is 1.55 bits per heavy atom. The van der Waals surface area contributed by atoms with Crippen LogP contribution in [0.2, 0.25) is 0 Å². The van der Waals surface area contributed by atoms with Gasteiger partial charge in [-0.3, -0.25) is 13.9 Å². The Morgan fingerprint density at radius 3 is 2.17 bits per heavy atom. The van der Waals surface area contributed by atoms with Crippen LogP contribution in [0, 0.1) is 26.7 Å². The quantitative estimate of drug-likeness (QED) is 0.293. The molecule has 40 heavy (non-hydrogen) atoms. The number of aryl methyl sites for hydroxylation is 3. The van der Waals surface area contributed by atoms with Gasteiger partial charge in [0.2, 0.25) is 11.8 Å². The average Bonchev–Trinajstić information content (AvgIpc) is 2.90. The maximum absolute atomic E-state index is 14.1. The number of hydrogen-bond acceptors (Lipinski definition) is 4. The van der Waals surface area contributed by atoms with E-state index in [-0.39, 0.29) is 23.3 Å². The zero-order valence-electron chi connectivity index (χ0n) is 23.9. The fourth-order valence-corrected chi connectivity index (χ4v) is 6.12. The SMILES string of the molecule is Cc1ccc(S(=O)(=O)N(CC(=O)N(Cc2cccc(Br)c2)[C@@H](C)C(=O)NCC(C)C)c2cc(C)ccc2C)cc1. The normalized spacial score (nSPS) is 12.2. The van der Waals surface area contributed by atoms with Crippen LogP contribution >= 0.6 is 15.9 Å². The molecule has 0 radical (unpaired) electrons. The Labute approximate surface area is 246 Å². The van der Waals surface area contributed by atoms with E-state index in [1.807, 2.05) is 71.0 Å². The molecule has 9 heteroatoms. The molecule has 0 spiro atoms. The van der Waals surface area contributed by atoms with E-state index < -0.39 is 28.5 Å². The van der Waals surface area contributed by atoms with E-state index >= 15 is 0 Å². The van der Waals surface area contributed by atoms with Crippen molar-refractivity contribution in [2.45, 2.75) is 59.0 Å². The lowest BCUT2D eigenvalue weighted by molar-refractivity contribution is -0.139. The highest BCUT2D eigenvalue weighted by atomic mass is 79.9. The Balaban J connectivity index is 2.06. The van der Waals surface area contributed by atoms with Gasteiger partial charge in [0, 0.05) is 17.6 Å². The summed E-state index contributed by atoms with van der Waals surface area (Å²) in [4.78, 5) is 28.7. The van der Waals surface area contributed by atoms with Gasteiger partial charge in [0.05, 0.1) is 10.6 Å². The van der Waals surface area contributed by atoms with E-state index in [0.717, 1.165) is 31.0 Å². The number of halogens is 1. The smallest absolute Gasteiger partial charge is 0.264 e. The number of nitrogens with one attached hydrogen (secondary N) is 1. The number of hydrogen-bond donors (Lipinski definition) is 1. The minimum atomic E-state index is -4.11. The van der Waals surface area contributed by atoms with E-state index in [1.54, 1.807) is 37.3 Å². The summed E-state index contributed by atoms with van der Waals surface area (Å²) in [5.41, 5.74) is 3.74. The van der Waals surface area contributed by atoms with E-state index in [4.69, 9.17) is 0 Å². The first-order valence-electron chi connectivity index (χ1n) is 13.3. The number of anilines is 1. The summed E-state index contributed by atoms with van der Waals surface area (Å²) >= 11 is 3.47. The Bertz CT molecular complexity index is 1460. The van der Waals surface area contributed by atoms with E-state index in [1.165, 1.54) is 4.90 Å². The van der Waals surface area contributed by atoms with Crippen molar-refractivity contribution in [1.29, 1.82) is 0 Å². The zero-order valence-corrected chi connectivity index (χ0v) is 26.3. The predicted molar refractivity (Wildman–Crippen MR) is 164 cm³/mol. The molecule has 3 rings (SSSR count). The number of sulfonamides is 1. The first kappa shape index (κ1) is 31.4. The highest BCUT2D eigenvalue weighted by Gasteiger charge is 2.33. The molecule has 2 amide bonds. The van der Waals surface area contributed by atoms with Gasteiger partial charge in [-0.2, -0.15) is 0 Å². The first-order chi connectivity index (χ1) is 18.8. The van der Waals surface area contributed by atoms with E-state index in [2.05, 4.69) is 21.2 Å². The lowest BCUT2D eigenvalue weighted by Crippen LogP contribution is -2.51. The molecule has 0 saturated carbocycles. The highest BCUT2D eigenvalue weighted by Crippen LogP contribution is 2.29. The molecule has 0 aliphatic rings. The molecule has 3 aromatic carbocycles. The van der Waals surface area contributed by atoms with Crippen LogP contribution in [0.25, 0.3) is 0 Å². The van der Waals surface area contributed by atoms with Gasteiger partial charge in [-0.1, -0.05) is 71.7 Å². The molecule has 0 aromatic heterocycles. The second-order valence-electron chi connectivity index (χ2n) is 10.6. The van der Waals surface area contributed by atoms with Crippen LogP contribution in [-0.4, -0.2) is 44.3 Å². The lowest BCUT2D eigenvalue weighted by Gasteiger charge is -2.32. The fraction of sp³-hybridized carbons (Fsp3) is 0.355. The summed E-state index contributed by atoms with van der Waals surface area (Å²) in [6, 6.07) is 18.7. The maximum Gasteiger partial charge on any atom is 0.264 e. The van der Waals surface area contributed by atoms with Gasteiger partial charge >= 0.3 is 0 Å². The van der Waals surface area contributed by atoms with Crippen LogP contribution in [0.15, 0.2) is 76.1 Å². The molecule has 0 aliphatic heterocycles. The number of benzene rings is 3. The van der Waals surface area contributed by atoms with Gasteiger partial charge in [-0.25, -0.2) is 8.42 Å². The summed E-state index contributed by atoms with van der Waals surface area (Å²) in [6.45, 7) is 11.4. The summed E-state index contributed by atoms with van der Waals surface area (Å²) in [5.74, 6) is -0.537. The van der Waals surface area contributed by atoms with Crippen molar-refractivity contribution < 1.29 is 18.0 Å². The first-order valence-corrected chi connectivity index (χ1v) is 15.5. The molecule has 0 aliphatic carbocycles. The van der Waals surface area contributed by atoms with Crippen molar-refractivity contribution in [3.8, 4) is 0 Å². The van der Waals surface area contributed by atoms with Crippen molar-refractivity contribution in [2.24, 2.45) is 5.92 Å². The van der Waals surface area contributed by atoms with Gasteiger partial charge in [-0.05, 0) is 80.6 Å². The number of amides is 2. The maximum atomic E-state index is 14.1. The fourth-order valence-electron chi connectivity index (χ4n) is 4.21. The molecule has 7 nitrogen and oxygen atoms in total. The number of nitrogens with zero attached hydrogens (tertiary/aromatic N) is 2. The lowest BCUT2D eigenvalue weighted by atomic mass is 10.1. The largest absolute Gasteiger partial charge is 0.354 e. The molecule has 0 fully saturated rings. The van der Waals surface area contributed by atoms with Crippen molar-refractivity contribution in [3.63, 3.8) is 0 Å². The van der Waals surface area contributed by atoms with Gasteiger partial charge in [0.15, 0.2) is 0 Å². The average molecular weight is 629 g/mol. The minimum Gasteiger partial charge on any atom is -0.354 e. The number of carbonyl (C=O) groups is 2. The van der Waals surface area contributed by atoms with Crippen LogP contribution in [0.4, 0.5) is 5.69 Å². The monoisotopic (exact) mass is 627 g/mol. The van der Waals surface area contributed by atoms with Crippen LogP contribution < -0.4 is 9.62 Å². The third-order valence-electron chi connectivity index (χ3n) is 6.61. The Morgan fingerprint density at radius 1 is 0.900 bits per heavy atom. The Kier molecular flexibility index (Phi) is 10.6. The van der Waals surface area contributed by atoms with Crippen molar-refractivity contribution >= 4 is 43.5 Å². The van der Waals surface area contributed by atoms with Crippen molar-refractivity contribution in [3.05, 3.63) is 93.5 Å².